The van der Waals surface area contributed by atoms with E-state index in [4.69, 9.17) is 27.9 Å². The molecule has 0 atom stereocenters. The molecule has 3 aromatic rings. The van der Waals surface area contributed by atoms with Gasteiger partial charge in [0.2, 0.25) is 0 Å². The van der Waals surface area contributed by atoms with Crippen LogP contribution in [0, 0.1) is 0 Å². The highest BCUT2D eigenvalue weighted by Crippen LogP contribution is 2.34. The predicted molar refractivity (Wildman–Crippen MR) is 77.2 cm³/mol. The van der Waals surface area contributed by atoms with E-state index >= 15 is 0 Å². The first-order valence-corrected chi connectivity index (χ1v) is 6.42. The van der Waals surface area contributed by atoms with Gasteiger partial charge in [0, 0.05) is 18.0 Å². The Balaban J connectivity index is 2.27. The number of imidazole rings is 1. The van der Waals surface area contributed by atoms with Crippen molar-refractivity contribution in [2.75, 3.05) is 7.11 Å². The van der Waals surface area contributed by atoms with Crippen LogP contribution in [0.25, 0.3) is 16.9 Å². The van der Waals surface area contributed by atoms with Crippen LogP contribution in [-0.4, -0.2) is 16.5 Å². The van der Waals surface area contributed by atoms with Gasteiger partial charge < -0.3 is 9.14 Å². The van der Waals surface area contributed by atoms with Crippen LogP contribution in [-0.2, 0) is 0 Å². The first kappa shape index (κ1) is 12.3. The lowest BCUT2D eigenvalue weighted by atomic mass is 10.2. The van der Waals surface area contributed by atoms with Gasteiger partial charge in [-0.2, -0.15) is 0 Å². The summed E-state index contributed by atoms with van der Waals surface area (Å²) < 4.78 is 7.17. The fourth-order valence-corrected chi connectivity index (χ4v) is 2.60. The quantitative estimate of drug-likeness (QED) is 0.703. The number of ether oxygens (including phenoxy) is 1. The SMILES string of the molecule is COc1cccn2cc(-c3c(Cl)cccc3Cl)nc12. The number of methoxy groups -OCH3 is 1. The number of benzene rings is 1. The molecule has 5 heteroatoms. The lowest BCUT2D eigenvalue weighted by molar-refractivity contribution is 0.417. The third kappa shape index (κ3) is 2.05. The minimum absolute atomic E-state index is 0.579. The maximum absolute atomic E-state index is 6.20. The van der Waals surface area contributed by atoms with Gasteiger partial charge in [-0.3, -0.25) is 0 Å². The highest BCUT2D eigenvalue weighted by Gasteiger charge is 2.13. The predicted octanol–water partition coefficient (Wildman–Crippen LogP) is 4.32. The van der Waals surface area contributed by atoms with E-state index in [2.05, 4.69) is 4.98 Å². The standard InChI is InChI=1S/C14H10Cl2N2O/c1-19-12-6-3-7-18-8-11(17-14(12)18)13-9(15)4-2-5-10(13)16/h2-8H,1H3. The van der Waals surface area contributed by atoms with Gasteiger partial charge in [-0.1, -0.05) is 29.3 Å². The summed E-state index contributed by atoms with van der Waals surface area (Å²) in [4.78, 5) is 4.54. The molecule has 2 aromatic heterocycles. The molecule has 0 radical (unpaired) electrons. The molecule has 2 heterocycles. The minimum Gasteiger partial charge on any atom is -0.493 e. The van der Waals surface area contributed by atoms with Gasteiger partial charge in [-0.05, 0) is 24.3 Å². The molecule has 0 aliphatic rings. The second kappa shape index (κ2) is 4.76. The van der Waals surface area contributed by atoms with Crippen LogP contribution >= 0.6 is 23.2 Å². The lowest BCUT2D eigenvalue weighted by Gasteiger charge is -2.02. The van der Waals surface area contributed by atoms with E-state index in [1.807, 2.05) is 35.0 Å². The molecule has 0 saturated heterocycles. The Morgan fingerprint density at radius 2 is 1.84 bits per heavy atom. The second-order valence-electron chi connectivity index (χ2n) is 4.03. The summed E-state index contributed by atoms with van der Waals surface area (Å²) >= 11 is 12.4. The molecular formula is C14H10Cl2N2O. The molecule has 0 fully saturated rings. The third-order valence-electron chi connectivity index (χ3n) is 2.89. The molecule has 1 aromatic carbocycles. The summed E-state index contributed by atoms with van der Waals surface area (Å²) in [6.07, 6.45) is 3.78. The summed E-state index contributed by atoms with van der Waals surface area (Å²) in [6.45, 7) is 0. The van der Waals surface area contributed by atoms with E-state index in [-0.39, 0.29) is 0 Å². The van der Waals surface area contributed by atoms with Crippen molar-refractivity contribution >= 4 is 28.8 Å². The summed E-state index contributed by atoms with van der Waals surface area (Å²) in [7, 11) is 1.62. The summed E-state index contributed by atoms with van der Waals surface area (Å²) in [6, 6.07) is 9.16. The number of halogens is 2. The molecule has 19 heavy (non-hydrogen) atoms. The van der Waals surface area contributed by atoms with Crippen LogP contribution in [0.4, 0.5) is 0 Å². The highest BCUT2D eigenvalue weighted by molar-refractivity contribution is 6.39. The first-order valence-electron chi connectivity index (χ1n) is 5.67. The van der Waals surface area contributed by atoms with E-state index in [0.717, 1.165) is 16.9 Å². The highest BCUT2D eigenvalue weighted by atomic mass is 35.5. The molecule has 0 bridgehead atoms. The smallest absolute Gasteiger partial charge is 0.180 e. The summed E-state index contributed by atoms with van der Waals surface area (Å²) in [5, 5.41) is 1.16. The van der Waals surface area contributed by atoms with Crippen LogP contribution in [0.2, 0.25) is 10.0 Å². The summed E-state index contributed by atoms with van der Waals surface area (Å²) in [5.41, 5.74) is 2.19. The number of rotatable bonds is 2. The lowest BCUT2D eigenvalue weighted by Crippen LogP contribution is -1.88. The Morgan fingerprint density at radius 1 is 1.11 bits per heavy atom. The van der Waals surface area contributed by atoms with E-state index in [1.54, 1.807) is 19.2 Å². The van der Waals surface area contributed by atoms with Gasteiger partial charge in [0.1, 0.15) is 0 Å². The third-order valence-corrected chi connectivity index (χ3v) is 3.52. The van der Waals surface area contributed by atoms with Gasteiger partial charge in [-0.15, -0.1) is 0 Å². The average Bonchev–Trinajstić information content (AvgIpc) is 2.81. The van der Waals surface area contributed by atoms with Crippen LogP contribution < -0.4 is 4.74 Å². The molecule has 0 unspecified atom stereocenters. The molecule has 96 valence electrons. The van der Waals surface area contributed by atoms with Crippen LogP contribution in [0.3, 0.4) is 0 Å². The number of pyridine rings is 1. The first-order chi connectivity index (χ1) is 9.20. The molecule has 0 aliphatic carbocycles. The molecular weight excluding hydrogens is 283 g/mol. The van der Waals surface area contributed by atoms with Crippen LogP contribution in [0.15, 0.2) is 42.7 Å². The molecule has 0 saturated carbocycles. The Labute approximate surface area is 120 Å². The minimum atomic E-state index is 0.579. The fourth-order valence-electron chi connectivity index (χ4n) is 2.01. The van der Waals surface area contributed by atoms with Gasteiger partial charge in [0.25, 0.3) is 0 Å². The fraction of sp³-hybridized carbons (Fsp3) is 0.0714. The normalized spacial score (nSPS) is 10.9. The number of nitrogens with zero attached hydrogens (tertiary/aromatic N) is 2. The Morgan fingerprint density at radius 3 is 2.53 bits per heavy atom. The monoisotopic (exact) mass is 292 g/mol. The van der Waals surface area contributed by atoms with Crippen molar-refractivity contribution < 1.29 is 4.74 Å². The molecule has 3 nitrogen and oxygen atoms in total. The van der Waals surface area contributed by atoms with Crippen molar-refractivity contribution in [1.29, 1.82) is 0 Å². The topological polar surface area (TPSA) is 26.5 Å². The number of aromatic nitrogens is 2. The van der Waals surface area contributed by atoms with E-state index in [1.165, 1.54) is 0 Å². The Bertz CT molecular complexity index is 732. The van der Waals surface area contributed by atoms with Crippen molar-refractivity contribution in [3.8, 4) is 17.0 Å². The largest absolute Gasteiger partial charge is 0.493 e. The van der Waals surface area contributed by atoms with E-state index in [9.17, 15) is 0 Å². The van der Waals surface area contributed by atoms with Crippen LogP contribution in [0.5, 0.6) is 5.75 Å². The van der Waals surface area contributed by atoms with Crippen molar-refractivity contribution in [2.24, 2.45) is 0 Å². The van der Waals surface area contributed by atoms with Gasteiger partial charge in [0.05, 0.1) is 22.8 Å². The zero-order chi connectivity index (χ0) is 13.4. The van der Waals surface area contributed by atoms with Gasteiger partial charge in [-0.25, -0.2) is 4.98 Å². The Hall–Kier alpha value is -1.71. The van der Waals surface area contributed by atoms with E-state index < -0.39 is 0 Å². The Kier molecular flexibility index (Phi) is 3.09. The second-order valence-corrected chi connectivity index (χ2v) is 4.84. The zero-order valence-corrected chi connectivity index (χ0v) is 11.6. The maximum Gasteiger partial charge on any atom is 0.180 e. The molecule has 0 amide bonds. The molecule has 3 rings (SSSR count). The average molecular weight is 293 g/mol. The van der Waals surface area contributed by atoms with Gasteiger partial charge in [0.15, 0.2) is 11.4 Å². The van der Waals surface area contributed by atoms with Gasteiger partial charge >= 0.3 is 0 Å². The molecule has 0 spiro atoms. The van der Waals surface area contributed by atoms with E-state index in [0.29, 0.717) is 15.8 Å². The molecule has 0 N–H and O–H groups in total. The van der Waals surface area contributed by atoms with Crippen molar-refractivity contribution in [1.82, 2.24) is 9.38 Å². The number of fused-ring (bicyclic) bond motifs is 1. The number of hydrogen-bond acceptors (Lipinski definition) is 2. The maximum atomic E-state index is 6.20. The summed E-state index contributed by atoms with van der Waals surface area (Å²) in [5.74, 6) is 0.705. The number of hydrogen-bond donors (Lipinski definition) is 0. The zero-order valence-electron chi connectivity index (χ0n) is 10.1. The molecule has 0 aliphatic heterocycles. The van der Waals surface area contributed by atoms with Crippen molar-refractivity contribution in [2.45, 2.75) is 0 Å². The van der Waals surface area contributed by atoms with Crippen LogP contribution in [0.1, 0.15) is 0 Å². The van der Waals surface area contributed by atoms with Crippen molar-refractivity contribution in [3.05, 3.63) is 52.8 Å². The van der Waals surface area contributed by atoms with Crippen molar-refractivity contribution in [3.63, 3.8) is 0 Å².